The van der Waals surface area contributed by atoms with Crippen molar-refractivity contribution < 1.29 is 4.79 Å². The van der Waals surface area contributed by atoms with Crippen molar-refractivity contribution in [3.05, 3.63) is 59.0 Å². The van der Waals surface area contributed by atoms with Crippen LogP contribution in [0, 0.1) is 13.8 Å². The Kier molecular flexibility index (Phi) is 5.09. The molecule has 2 heterocycles. The minimum absolute atomic E-state index is 0.166. The highest BCUT2D eigenvalue weighted by Gasteiger charge is 2.16. The zero-order chi connectivity index (χ0) is 18.0. The number of para-hydroxylation sites is 1. The Bertz CT molecular complexity index is 886. The van der Waals surface area contributed by atoms with E-state index < -0.39 is 0 Å². The number of benzene rings is 1. The predicted octanol–water partition coefficient (Wildman–Crippen LogP) is 4.18. The summed E-state index contributed by atoms with van der Waals surface area (Å²) >= 11 is 0. The summed E-state index contributed by atoms with van der Waals surface area (Å²) in [5.74, 6) is 0.166. The van der Waals surface area contributed by atoms with Gasteiger partial charge in [-0.05, 0) is 58.4 Å². The molecule has 0 unspecified atom stereocenters. The summed E-state index contributed by atoms with van der Waals surface area (Å²) in [4.78, 5) is 15.8. The Balaban J connectivity index is 1.57. The lowest BCUT2D eigenvalue weighted by molar-refractivity contribution is 0.0990. The maximum atomic E-state index is 12.5. The van der Waals surface area contributed by atoms with Crippen molar-refractivity contribution in [1.82, 2.24) is 14.9 Å². The molecular formula is C21H27N3O. The van der Waals surface area contributed by atoms with Crippen molar-refractivity contribution in [3.63, 3.8) is 0 Å². The molecule has 4 heteroatoms. The van der Waals surface area contributed by atoms with Crippen LogP contribution in [-0.2, 0) is 6.42 Å². The number of carbonyl (C=O) groups excluding carboxylic acids is 1. The molecule has 132 valence electrons. The van der Waals surface area contributed by atoms with Crippen LogP contribution in [0.4, 0.5) is 0 Å². The highest BCUT2D eigenvalue weighted by molar-refractivity contribution is 5.99. The summed E-state index contributed by atoms with van der Waals surface area (Å²) in [5, 5.41) is 4.56. The largest absolute Gasteiger partial charge is 0.361 e. The molecule has 0 saturated heterocycles. The van der Waals surface area contributed by atoms with Crippen molar-refractivity contribution in [1.29, 1.82) is 0 Å². The third kappa shape index (κ3) is 3.54. The predicted molar refractivity (Wildman–Crippen MR) is 103 cm³/mol. The standard InChI is InChI=1S/C21H27N3O/c1-14(2)24-15(3)11-19(16(24)4)21(25)13-22-10-9-17-12-23-20-8-6-5-7-18(17)20/h5-8,11-12,14,22-23H,9-10,13H2,1-4H3. The van der Waals surface area contributed by atoms with Gasteiger partial charge in [0.25, 0.3) is 0 Å². The fourth-order valence-electron chi connectivity index (χ4n) is 3.71. The zero-order valence-corrected chi connectivity index (χ0v) is 15.5. The number of nitrogens with zero attached hydrogens (tertiary/aromatic N) is 1. The third-order valence-corrected chi connectivity index (χ3v) is 4.83. The molecule has 1 aromatic carbocycles. The van der Waals surface area contributed by atoms with E-state index >= 15 is 0 Å². The Hall–Kier alpha value is -2.33. The van der Waals surface area contributed by atoms with E-state index in [1.807, 2.05) is 19.1 Å². The topological polar surface area (TPSA) is 49.8 Å². The molecule has 0 bridgehead atoms. The fraction of sp³-hybridized carbons (Fsp3) is 0.381. The second-order valence-electron chi connectivity index (χ2n) is 6.96. The van der Waals surface area contributed by atoms with Crippen LogP contribution in [0.15, 0.2) is 36.5 Å². The molecule has 0 aliphatic carbocycles. The first-order valence-corrected chi connectivity index (χ1v) is 8.96. The number of ketones is 1. The van der Waals surface area contributed by atoms with Gasteiger partial charge in [-0.1, -0.05) is 18.2 Å². The van der Waals surface area contributed by atoms with Gasteiger partial charge in [0.1, 0.15) is 0 Å². The van der Waals surface area contributed by atoms with E-state index in [2.05, 4.69) is 60.0 Å². The Morgan fingerprint density at radius 1 is 1.24 bits per heavy atom. The van der Waals surface area contributed by atoms with Crippen LogP contribution in [0.2, 0.25) is 0 Å². The van der Waals surface area contributed by atoms with Gasteiger partial charge in [0.15, 0.2) is 5.78 Å². The van der Waals surface area contributed by atoms with E-state index in [0.29, 0.717) is 12.6 Å². The molecule has 0 fully saturated rings. The Morgan fingerprint density at radius 2 is 2.00 bits per heavy atom. The van der Waals surface area contributed by atoms with Gasteiger partial charge in [0, 0.05) is 40.1 Å². The number of H-pyrrole nitrogens is 1. The lowest BCUT2D eigenvalue weighted by atomic mass is 10.1. The van der Waals surface area contributed by atoms with E-state index in [4.69, 9.17) is 0 Å². The van der Waals surface area contributed by atoms with Crippen LogP contribution in [0.25, 0.3) is 10.9 Å². The van der Waals surface area contributed by atoms with Gasteiger partial charge >= 0.3 is 0 Å². The normalized spacial score (nSPS) is 11.6. The fourth-order valence-corrected chi connectivity index (χ4v) is 3.71. The van der Waals surface area contributed by atoms with Crippen LogP contribution in [0.1, 0.15) is 47.2 Å². The quantitative estimate of drug-likeness (QED) is 0.502. The number of carbonyl (C=O) groups is 1. The number of hydrogen-bond acceptors (Lipinski definition) is 2. The second-order valence-corrected chi connectivity index (χ2v) is 6.96. The van der Waals surface area contributed by atoms with Gasteiger partial charge in [-0.2, -0.15) is 0 Å². The summed E-state index contributed by atoms with van der Waals surface area (Å²) in [6, 6.07) is 10.7. The highest BCUT2D eigenvalue weighted by Crippen LogP contribution is 2.20. The monoisotopic (exact) mass is 337 g/mol. The maximum absolute atomic E-state index is 12.5. The average molecular weight is 337 g/mol. The average Bonchev–Trinajstić information content (AvgIpc) is 3.12. The first-order valence-electron chi connectivity index (χ1n) is 8.96. The molecule has 0 spiro atoms. The van der Waals surface area contributed by atoms with Gasteiger partial charge in [-0.15, -0.1) is 0 Å². The van der Waals surface area contributed by atoms with Crippen molar-refractivity contribution in [2.24, 2.45) is 0 Å². The molecule has 0 saturated carbocycles. The molecule has 4 nitrogen and oxygen atoms in total. The molecule has 2 aromatic heterocycles. The molecule has 0 radical (unpaired) electrons. The SMILES string of the molecule is Cc1cc(C(=O)CNCCc2c[nH]c3ccccc23)c(C)n1C(C)C. The molecule has 25 heavy (non-hydrogen) atoms. The number of nitrogens with one attached hydrogen (secondary N) is 2. The minimum Gasteiger partial charge on any atom is -0.361 e. The van der Waals surface area contributed by atoms with Crippen LogP contribution in [-0.4, -0.2) is 28.4 Å². The molecule has 0 amide bonds. The van der Waals surface area contributed by atoms with Gasteiger partial charge < -0.3 is 14.9 Å². The second kappa shape index (κ2) is 7.28. The lowest BCUT2D eigenvalue weighted by Gasteiger charge is -2.13. The zero-order valence-electron chi connectivity index (χ0n) is 15.5. The van der Waals surface area contributed by atoms with E-state index in [1.165, 1.54) is 10.9 Å². The summed E-state index contributed by atoms with van der Waals surface area (Å²) < 4.78 is 2.22. The van der Waals surface area contributed by atoms with E-state index in [9.17, 15) is 4.79 Å². The van der Waals surface area contributed by atoms with E-state index in [1.54, 1.807) is 0 Å². The summed E-state index contributed by atoms with van der Waals surface area (Å²) in [6.07, 6.45) is 2.97. The highest BCUT2D eigenvalue weighted by atomic mass is 16.1. The van der Waals surface area contributed by atoms with Crippen molar-refractivity contribution in [2.45, 2.75) is 40.2 Å². The molecule has 0 aliphatic rings. The van der Waals surface area contributed by atoms with Crippen LogP contribution < -0.4 is 5.32 Å². The molecule has 2 N–H and O–H groups in total. The number of aryl methyl sites for hydroxylation is 1. The van der Waals surface area contributed by atoms with Crippen LogP contribution >= 0.6 is 0 Å². The van der Waals surface area contributed by atoms with E-state index in [-0.39, 0.29) is 5.78 Å². The number of fused-ring (bicyclic) bond motifs is 1. The minimum atomic E-state index is 0.166. The summed E-state index contributed by atoms with van der Waals surface area (Å²) in [5.41, 5.74) is 5.50. The number of Topliss-reactive ketones (excluding diaryl/α,β-unsaturated/α-hetero) is 1. The Morgan fingerprint density at radius 3 is 2.72 bits per heavy atom. The molecule has 0 atom stereocenters. The summed E-state index contributed by atoms with van der Waals surface area (Å²) in [7, 11) is 0. The first kappa shape index (κ1) is 17.5. The number of aromatic amines is 1. The van der Waals surface area contributed by atoms with Gasteiger partial charge in [0.05, 0.1) is 6.54 Å². The number of aromatic nitrogens is 2. The summed E-state index contributed by atoms with van der Waals surface area (Å²) in [6.45, 7) is 9.56. The number of rotatable bonds is 7. The third-order valence-electron chi connectivity index (χ3n) is 4.83. The first-order chi connectivity index (χ1) is 12.0. The van der Waals surface area contributed by atoms with Gasteiger partial charge in [0.2, 0.25) is 0 Å². The van der Waals surface area contributed by atoms with E-state index in [0.717, 1.165) is 35.4 Å². The smallest absolute Gasteiger partial charge is 0.178 e. The molecular weight excluding hydrogens is 310 g/mol. The Labute approximate surface area is 149 Å². The van der Waals surface area contributed by atoms with Crippen LogP contribution in [0.5, 0.6) is 0 Å². The van der Waals surface area contributed by atoms with Gasteiger partial charge in [-0.25, -0.2) is 0 Å². The van der Waals surface area contributed by atoms with Crippen molar-refractivity contribution >= 4 is 16.7 Å². The maximum Gasteiger partial charge on any atom is 0.178 e. The van der Waals surface area contributed by atoms with Crippen molar-refractivity contribution in [3.8, 4) is 0 Å². The van der Waals surface area contributed by atoms with Crippen molar-refractivity contribution in [2.75, 3.05) is 13.1 Å². The van der Waals surface area contributed by atoms with Crippen LogP contribution in [0.3, 0.4) is 0 Å². The molecule has 0 aliphatic heterocycles. The number of hydrogen-bond donors (Lipinski definition) is 2. The lowest BCUT2D eigenvalue weighted by Crippen LogP contribution is -2.25. The van der Waals surface area contributed by atoms with Gasteiger partial charge in [-0.3, -0.25) is 4.79 Å². The molecule has 3 rings (SSSR count). The molecule has 3 aromatic rings.